The minimum Gasteiger partial charge on any atom is -0.490 e. The lowest BCUT2D eigenvalue weighted by Crippen LogP contribution is -2.25. The molecule has 25 heavy (non-hydrogen) atoms. The van der Waals surface area contributed by atoms with Crippen molar-refractivity contribution in [2.75, 3.05) is 18.5 Å². The Morgan fingerprint density at radius 1 is 1.24 bits per heavy atom. The molecule has 2 aromatic rings. The van der Waals surface area contributed by atoms with Gasteiger partial charge in [0.25, 0.3) is 5.56 Å². The van der Waals surface area contributed by atoms with Crippen molar-refractivity contribution in [2.45, 2.75) is 19.9 Å². The van der Waals surface area contributed by atoms with Crippen molar-refractivity contribution in [2.24, 2.45) is 17.8 Å². The summed E-state index contributed by atoms with van der Waals surface area (Å²) in [5.41, 5.74) is 8.12. The number of nitrogens with two attached hydrogens (primary N) is 1. The summed E-state index contributed by atoms with van der Waals surface area (Å²) in [5.74, 6) is 1.64. The molecule has 0 amide bonds. The van der Waals surface area contributed by atoms with Crippen LogP contribution in [0.15, 0.2) is 40.1 Å². The number of nitrogens with zero attached hydrogens (tertiary/aromatic N) is 2. The molecule has 0 saturated carbocycles. The molecule has 1 aliphatic rings. The fourth-order valence-electron chi connectivity index (χ4n) is 2.50. The van der Waals surface area contributed by atoms with Crippen LogP contribution in [0, 0.1) is 6.92 Å². The smallest absolute Gasteiger partial charge is 0.255 e. The highest BCUT2D eigenvalue weighted by Gasteiger charge is 2.11. The molecule has 1 aromatic carbocycles. The third kappa shape index (κ3) is 3.93. The molecule has 0 radical (unpaired) electrons. The Kier molecular flexibility index (Phi) is 4.92. The van der Waals surface area contributed by atoms with Crippen LogP contribution in [0.4, 0.5) is 5.69 Å². The molecule has 3 N–H and O–H groups in total. The van der Waals surface area contributed by atoms with Gasteiger partial charge in [-0.25, -0.2) is 4.99 Å². The highest BCUT2D eigenvalue weighted by atomic mass is 16.5. The molecule has 0 fully saturated rings. The first kappa shape index (κ1) is 16.9. The highest BCUT2D eigenvalue weighted by Crippen LogP contribution is 2.32. The van der Waals surface area contributed by atoms with Gasteiger partial charge in [-0.05, 0) is 31.2 Å². The van der Waals surface area contributed by atoms with Crippen LogP contribution in [0.3, 0.4) is 0 Å². The number of guanidine groups is 1. The van der Waals surface area contributed by atoms with E-state index < -0.39 is 0 Å². The molecule has 0 atom stereocenters. The van der Waals surface area contributed by atoms with E-state index in [-0.39, 0.29) is 18.1 Å². The number of rotatable bonds is 3. The van der Waals surface area contributed by atoms with Crippen LogP contribution in [0.25, 0.3) is 0 Å². The average Bonchev–Trinajstić information content (AvgIpc) is 2.84. The number of anilines is 1. The summed E-state index contributed by atoms with van der Waals surface area (Å²) >= 11 is 0. The fraction of sp³-hybridized carbons (Fsp3) is 0.333. The van der Waals surface area contributed by atoms with Crippen LogP contribution >= 0.6 is 0 Å². The van der Waals surface area contributed by atoms with E-state index >= 15 is 0 Å². The van der Waals surface area contributed by atoms with Crippen molar-refractivity contribution in [1.82, 2.24) is 4.57 Å². The Bertz CT molecular complexity index is 858. The lowest BCUT2D eigenvalue weighted by molar-refractivity contribution is 0.297. The number of nitrogens with one attached hydrogen (secondary N) is 1. The van der Waals surface area contributed by atoms with Gasteiger partial charge in [0.1, 0.15) is 0 Å². The van der Waals surface area contributed by atoms with Gasteiger partial charge in [-0.3, -0.25) is 4.79 Å². The minimum atomic E-state index is -0.0628. The van der Waals surface area contributed by atoms with Crippen molar-refractivity contribution in [3.8, 4) is 11.5 Å². The zero-order valence-electron chi connectivity index (χ0n) is 14.4. The van der Waals surface area contributed by atoms with E-state index in [0.29, 0.717) is 24.5 Å². The Hall–Kier alpha value is -2.96. The number of ether oxygens (including phenoxy) is 2. The number of hydrogen-bond acceptors (Lipinski definition) is 4. The first-order chi connectivity index (χ1) is 12.0. The second-order valence-corrected chi connectivity index (χ2v) is 5.90. The number of aromatic nitrogens is 1. The lowest BCUT2D eigenvalue weighted by atomic mass is 10.2. The van der Waals surface area contributed by atoms with E-state index in [1.165, 1.54) is 0 Å². The Labute approximate surface area is 146 Å². The third-order valence-electron chi connectivity index (χ3n) is 4.07. The topological polar surface area (TPSA) is 90.9 Å². The van der Waals surface area contributed by atoms with E-state index in [1.807, 2.05) is 31.2 Å². The monoisotopic (exact) mass is 342 g/mol. The molecular weight excluding hydrogens is 320 g/mol. The van der Waals surface area contributed by atoms with Gasteiger partial charge in [0, 0.05) is 36.5 Å². The van der Waals surface area contributed by atoms with Gasteiger partial charge >= 0.3 is 0 Å². The van der Waals surface area contributed by atoms with Crippen LogP contribution in [0.2, 0.25) is 0 Å². The number of hydrogen-bond donors (Lipinski definition) is 2. The summed E-state index contributed by atoms with van der Waals surface area (Å²) in [7, 11) is 1.74. The summed E-state index contributed by atoms with van der Waals surface area (Å²) in [5, 5.41) is 3.01. The molecule has 2 heterocycles. The van der Waals surface area contributed by atoms with Crippen LogP contribution in [0.1, 0.15) is 17.7 Å². The summed E-state index contributed by atoms with van der Waals surface area (Å²) in [6.45, 7) is 3.37. The second kappa shape index (κ2) is 7.29. The van der Waals surface area contributed by atoms with Gasteiger partial charge in [-0.2, -0.15) is 0 Å². The standard InChI is InChI=1S/C18H22N4O3/c1-12-4-5-13(17(23)22(12)2)11-20-18(19)21-14-6-7-15-16(10-14)25-9-3-8-24-15/h4-7,10H,3,8-9,11H2,1-2H3,(H3,19,20,21). The molecular formula is C18H22N4O3. The highest BCUT2D eigenvalue weighted by molar-refractivity contribution is 5.92. The quantitative estimate of drug-likeness (QED) is 0.655. The largest absolute Gasteiger partial charge is 0.490 e. The molecule has 0 unspecified atom stereocenters. The SMILES string of the molecule is Cc1ccc(CN=C(N)Nc2ccc3c(c2)OCCCO3)c(=O)n1C. The molecule has 7 nitrogen and oxygen atoms in total. The van der Waals surface area contributed by atoms with Crippen LogP contribution in [0.5, 0.6) is 11.5 Å². The molecule has 132 valence electrons. The molecule has 0 bridgehead atoms. The summed E-state index contributed by atoms with van der Waals surface area (Å²) in [6, 6.07) is 9.18. The minimum absolute atomic E-state index is 0.0628. The van der Waals surface area contributed by atoms with Crippen LogP contribution in [-0.4, -0.2) is 23.7 Å². The zero-order chi connectivity index (χ0) is 17.8. The molecule has 0 saturated heterocycles. The Morgan fingerprint density at radius 2 is 2.00 bits per heavy atom. The van der Waals surface area contributed by atoms with E-state index in [0.717, 1.165) is 23.6 Å². The van der Waals surface area contributed by atoms with Crippen molar-refractivity contribution in [1.29, 1.82) is 0 Å². The molecule has 3 rings (SSSR count). The number of fused-ring (bicyclic) bond motifs is 1. The lowest BCUT2D eigenvalue weighted by Gasteiger charge is -2.11. The second-order valence-electron chi connectivity index (χ2n) is 5.90. The summed E-state index contributed by atoms with van der Waals surface area (Å²) < 4.78 is 12.8. The molecule has 0 aliphatic carbocycles. The number of aliphatic imine (C=N–C) groups is 1. The van der Waals surface area contributed by atoms with Crippen LogP contribution < -0.4 is 26.1 Å². The molecule has 0 spiro atoms. The van der Waals surface area contributed by atoms with Crippen molar-refractivity contribution >= 4 is 11.6 Å². The maximum Gasteiger partial charge on any atom is 0.255 e. The zero-order valence-corrected chi connectivity index (χ0v) is 14.4. The van der Waals surface area contributed by atoms with Crippen molar-refractivity contribution < 1.29 is 9.47 Å². The maximum absolute atomic E-state index is 12.2. The van der Waals surface area contributed by atoms with E-state index in [9.17, 15) is 4.79 Å². The number of aryl methyl sites for hydroxylation is 1. The van der Waals surface area contributed by atoms with Gasteiger partial charge < -0.3 is 25.1 Å². The normalized spacial score (nSPS) is 14.1. The van der Waals surface area contributed by atoms with E-state index in [1.54, 1.807) is 17.7 Å². The van der Waals surface area contributed by atoms with Gasteiger partial charge in [0.15, 0.2) is 17.5 Å². The van der Waals surface area contributed by atoms with Crippen LogP contribution in [-0.2, 0) is 13.6 Å². The van der Waals surface area contributed by atoms with Crippen molar-refractivity contribution in [3.05, 3.63) is 51.9 Å². The first-order valence-electron chi connectivity index (χ1n) is 8.16. The van der Waals surface area contributed by atoms with Crippen molar-refractivity contribution in [3.63, 3.8) is 0 Å². The first-order valence-corrected chi connectivity index (χ1v) is 8.16. The Balaban J connectivity index is 1.71. The number of pyridine rings is 1. The fourth-order valence-corrected chi connectivity index (χ4v) is 2.50. The maximum atomic E-state index is 12.2. The van der Waals surface area contributed by atoms with E-state index in [4.69, 9.17) is 15.2 Å². The third-order valence-corrected chi connectivity index (χ3v) is 4.07. The predicted octanol–water partition coefficient (Wildman–Crippen LogP) is 1.78. The molecule has 1 aliphatic heterocycles. The summed E-state index contributed by atoms with van der Waals surface area (Å²) in [6.07, 6.45) is 0.854. The molecule has 7 heteroatoms. The summed E-state index contributed by atoms with van der Waals surface area (Å²) in [4.78, 5) is 16.4. The van der Waals surface area contributed by atoms with Gasteiger partial charge in [0.2, 0.25) is 0 Å². The van der Waals surface area contributed by atoms with E-state index in [2.05, 4.69) is 10.3 Å². The average molecular weight is 342 g/mol. The van der Waals surface area contributed by atoms with Gasteiger partial charge in [0.05, 0.1) is 19.8 Å². The van der Waals surface area contributed by atoms with Gasteiger partial charge in [-0.15, -0.1) is 0 Å². The van der Waals surface area contributed by atoms with Gasteiger partial charge in [-0.1, -0.05) is 0 Å². The molecule has 1 aromatic heterocycles. The number of benzene rings is 1. The Morgan fingerprint density at radius 3 is 2.80 bits per heavy atom. The predicted molar refractivity (Wildman–Crippen MR) is 97.4 cm³/mol.